The Morgan fingerprint density at radius 1 is 0.500 bits per heavy atom. The van der Waals surface area contributed by atoms with Crippen molar-refractivity contribution in [1.29, 1.82) is 0 Å². The molecule has 0 unspecified atom stereocenters. The first-order valence-corrected chi connectivity index (χ1v) is 18.8. The van der Waals surface area contributed by atoms with Crippen molar-refractivity contribution in [2.24, 2.45) is 7.05 Å². The van der Waals surface area contributed by atoms with Crippen LogP contribution in [0.25, 0.3) is 11.2 Å². The van der Waals surface area contributed by atoms with Crippen molar-refractivity contribution in [3.8, 4) is 11.5 Å². The van der Waals surface area contributed by atoms with E-state index in [1.165, 1.54) is 21.3 Å². The molecule has 278 valence electrons. The van der Waals surface area contributed by atoms with Crippen LogP contribution in [0.1, 0.15) is 44.5 Å². The van der Waals surface area contributed by atoms with Crippen molar-refractivity contribution < 1.29 is 9.47 Å². The number of fused-ring (bicyclic) bond motifs is 1. The molecule has 0 aliphatic carbocycles. The van der Waals surface area contributed by atoms with Gasteiger partial charge in [0.2, 0.25) is 0 Å². The van der Waals surface area contributed by atoms with Gasteiger partial charge >= 0.3 is 5.69 Å². The van der Waals surface area contributed by atoms with Crippen LogP contribution in [-0.2, 0) is 46.2 Å². The third kappa shape index (κ3) is 8.25. The van der Waals surface area contributed by atoms with E-state index in [4.69, 9.17) is 9.47 Å². The standard InChI is InChI=1S/C48H42N4O4/c1-50-34-49-46-45(50)47(53)52(31-39-22-24-41(26-35-14-6-2-7-15-35)42(28-39)27-36-16-8-3-9-17-36)48(54)51(46)30-40-23-25-43(55-32-37-18-10-4-11-19-37)44(29-40)56-33-38-20-12-5-13-21-38/h2-25,28-29,34H,26-27,30-33H2,1H3. The maximum absolute atomic E-state index is 14.4. The maximum atomic E-state index is 14.4. The van der Waals surface area contributed by atoms with Crippen molar-refractivity contribution in [2.75, 3.05) is 0 Å². The molecule has 8 nitrogen and oxygen atoms in total. The van der Waals surface area contributed by atoms with E-state index in [0.717, 1.165) is 40.7 Å². The number of ether oxygens (including phenoxy) is 2. The number of aromatic nitrogens is 4. The number of hydrogen-bond donors (Lipinski definition) is 0. The minimum atomic E-state index is -0.435. The molecule has 6 aromatic carbocycles. The van der Waals surface area contributed by atoms with Gasteiger partial charge in [-0.1, -0.05) is 146 Å². The molecule has 0 spiro atoms. The summed E-state index contributed by atoms with van der Waals surface area (Å²) in [5.74, 6) is 1.15. The maximum Gasteiger partial charge on any atom is 0.333 e. The van der Waals surface area contributed by atoms with Crippen LogP contribution in [0.5, 0.6) is 11.5 Å². The Hall–Kier alpha value is -6.93. The molecule has 8 rings (SSSR count). The summed E-state index contributed by atoms with van der Waals surface area (Å²) in [5, 5.41) is 0. The molecule has 0 N–H and O–H groups in total. The van der Waals surface area contributed by atoms with Gasteiger partial charge in [0.25, 0.3) is 5.56 Å². The van der Waals surface area contributed by atoms with Crippen molar-refractivity contribution in [1.82, 2.24) is 18.7 Å². The Bertz CT molecular complexity index is 2690. The highest BCUT2D eigenvalue weighted by Crippen LogP contribution is 2.31. The second-order valence-electron chi connectivity index (χ2n) is 14.0. The summed E-state index contributed by atoms with van der Waals surface area (Å²) >= 11 is 0. The van der Waals surface area contributed by atoms with Gasteiger partial charge in [0.15, 0.2) is 22.7 Å². The number of rotatable bonds is 14. The molecule has 0 atom stereocenters. The van der Waals surface area contributed by atoms with Crippen LogP contribution >= 0.6 is 0 Å². The molecule has 0 bridgehead atoms. The van der Waals surface area contributed by atoms with Gasteiger partial charge in [-0.15, -0.1) is 0 Å². The summed E-state index contributed by atoms with van der Waals surface area (Å²) in [6, 6.07) is 52.7. The lowest BCUT2D eigenvalue weighted by molar-refractivity contribution is 0.255. The molecule has 0 radical (unpaired) electrons. The lowest BCUT2D eigenvalue weighted by atomic mass is 9.93. The zero-order valence-corrected chi connectivity index (χ0v) is 31.3. The van der Waals surface area contributed by atoms with Gasteiger partial charge in [-0.25, -0.2) is 9.78 Å². The van der Waals surface area contributed by atoms with Crippen molar-refractivity contribution in [3.05, 3.63) is 229 Å². The predicted octanol–water partition coefficient (Wildman–Crippen LogP) is 8.33. The van der Waals surface area contributed by atoms with Gasteiger partial charge in [-0.2, -0.15) is 0 Å². The Balaban J connectivity index is 1.13. The monoisotopic (exact) mass is 738 g/mol. The van der Waals surface area contributed by atoms with Gasteiger partial charge in [0, 0.05) is 7.05 Å². The molecule has 2 aromatic heterocycles. The third-order valence-corrected chi connectivity index (χ3v) is 9.99. The average molecular weight is 739 g/mol. The molecule has 56 heavy (non-hydrogen) atoms. The molecule has 0 fully saturated rings. The number of imidazole rings is 1. The smallest absolute Gasteiger partial charge is 0.333 e. The minimum absolute atomic E-state index is 0.115. The van der Waals surface area contributed by atoms with Crippen LogP contribution in [0.4, 0.5) is 0 Å². The summed E-state index contributed by atoms with van der Waals surface area (Å²) in [5.41, 5.74) is 8.38. The highest BCUT2D eigenvalue weighted by molar-refractivity contribution is 5.70. The van der Waals surface area contributed by atoms with E-state index in [-0.39, 0.29) is 18.6 Å². The molecule has 0 saturated carbocycles. The topological polar surface area (TPSA) is 80.3 Å². The highest BCUT2D eigenvalue weighted by Gasteiger charge is 2.19. The van der Waals surface area contributed by atoms with Gasteiger partial charge in [-0.05, 0) is 69.5 Å². The zero-order chi connectivity index (χ0) is 38.3. The first-order chi connectivity index (χ1) is 27.5. The van der Waals surface area contributed by atoms with Crippen LogP contribution in [0.3, 0.4) is 0 Å². The van der Waals surface area contributed by atoms with E-state index in [9.17, 15) is 9.59 Å². The van der Waals surface area contributed by atoms with Crippen LogP contribution in [-0.4, -0.2) is 18.7 Å². The van der Waals surface area contributed by atoms with E-state index in [0.29, 0.717) is 35.9 Å². The quantitative estimate of drug-likeness (QED) is 0.112. The first-order valence-electron chi connectivity index (χ1n) is 18.8. The second-order valence-corrected chi connectivity index (χ2v) is 14.0. The Morgan fingerprint density at radius 3 is 1.61 bits per heavy atom. The summed E-state index contributed by atoms with van der Waals surface area (Å²) in [6.45, 7) is 1.01. The lowest BCUT2D eigenvalue weighted by Gasteiger charge is -2.17. The molecular weight excluding hydrogens is 697 g/mol. The fourth-order valence-corrected chi connectivity index (χ4v) is 7.06. The van der Waals surface area contributed by atoms with Crippen molar-refractivity contribution in [3.63, 3.8) is 0 Å². The van der Waals surface area contributed by atoms with Crippen LogP contribution in [0.15, 0.2) is 174 Å². The molecular formula is C48H42N4O4. The molecule has 0 aliphatic heterocycles. The molecule has 0 saturated heterocycles. The first kappa shape index (κ1) is 36.1. The van der Waals surface area contributed by atoms with Gasteiger partial charge < -0.3 is 14.0 Å². The van der Waals surface area contributed by atoms with Crippen molar-refractivity contribution >= 4 is 11.2 Å². The summed E-state index contributed by atoms with van der Waals surface area (Å²) in [4.78, 5) is 33.1. The normalized spacial score (nSPS) is 11.2. The highest BCUT2D eigenvalue weighted by atomic mass is 16.5. The fraction of sp³-hybridized carbons (Fsp3) is 0.146. The van der Waals surface area contributed by atoms with Crippen LogP contribution in [0.2, 0.25) is 0 Å². The van der Waals surface area contributed by atoms with E-state index in [1.807, 2.05) is 109 Å². The van der Waals surface area contributed by atoms with Gasteiger partial charge in [0.05, 0.1) is 19.4 Å². The summed E-state index contributed by atoms with van der Waals surface area (Å²) < 4.78 is 17.2. The SMILES string of the molecule is Cn1cnc2c1c(=O)n(Cc1ccc(Cc3ccccc3)c(Cc3ccccc3)c1)c(=O)n2Cc1ccc(OCc2ccccc2)c(OCc2ccccc2)c1. The van der Waals surface area contributed by atoms with Gasteiger partial charge in [-0.3, -0.25) is 13.9 Å². The Labute approximate surface area is 325 Å². The summed E-state index contributed by atoms with van der Waals surface area (Å²) in [7, 11) is 1.78. The minimum Gasteiger partial charge on any atom is -0.485 e. The number of aryl methyl sites for hydroxylation is 1. The number of nitrogens with zero attached hydrogens (tertiary/aromatic N) is 4. The lowest BCUT2D eigenvalue weighted by Crippen LogP contribution is -2.41. The van der Waals surface area contributed by atoms with Crippen LogP contribution in [0, 0.1) is 0 Å². The number of hydrogen-bond acceptors (Lipinski definition) is 5. The molecule has 2 heterocycles. The second kappa shape index (κ2) is 16.6. The predicted molar refractivity (Wildman–Crippen MR) is 220 cm³/mol. The van der Waals surface area contributed by atoms with E-state index in [1.54, 1.807) is 22.5 Å². The molecule has 0 aliphatic rings. The third-order valence-electron chi connectivity index (χ3n) is 9.99. The van der Waals surface area contributed by atoms with Crippen LogP contribution < -0.4 is 20.7 Å². The van der Waals surface area contributed by atoms with E-state index < -0.39 is 5.69 Å². The molecule has 0 amide bonds. The Kier molecular flexibility index (Phi) is 10.7. The summed E-state index contributed by atoms with van der Waals surface area (Å²) in [6.07, 6.45) is 3.10. The van der Waals surface area contributed by atoms with Crippen molar-refractivity contribution in [2.45, 2.75) is 39.1 Å². The zero-order valence-electron chi connectivity index (χ0n) is 31.3. The van der Waals surface area contributed by atoms with E-state index in [2.05, 4.69) is 53.5 Å². The Morgan fingerprint density at radius 2 is 1.00 bits per heavy atom. The average Bonchev–Trinajstić information content (AvgIpc) is 3.63. The van der Waals surface area contributed by atoms with Gasteiger partial charge in [0.1, 0.15) is 13.2 Å². The molecule has 8 heteroatoms. The largest absolute Gasteiger partial charge is 0.485 e. The fourth-order valence-electron chi connectivity index (χ4n) is 7.06. The number of benzene rings is 6. The van der Waals surface area contributed by atoms with E-state index >= 15 is 0 Å². The molecule has 8 aromatic rings.